The molecule has 4 nitrogen and oxygen atoms in total. The van der Waals surface area contributed by atoms with Crippen molar-refractivity contribution < 1.29 is 18.0 Å². The Bertz CT molecular complexity index is 1780. The van der Waals surface area contributed by atoms with Gasteiger partial charge in [0.2, 0.25) is 0 Å². The SMILES string of the molecule is Cc1c(C)n(Cc2ccc(-c3ccccc3C#N)cc2)c2ccc(C(=O)NC(C)c3ccc(C(F)(F)F)cc3)cc12. The van der Waals surface area contributed by atoms with Gasteiger partial charge in [0.1, 0.15) is 0 Å². The highest BCUT2D eigenvalue weighted by atomic mass is 19.4. The molecule has 1 amide bonds. The zero-order valence-corrected chi connectivity index (χ0v) is 22.9. The quantitative estimate of drug-likeness (QED) is 0.231. The number of rotatable bonds is 6. The molecule has 5 aromatic rings. The molecule has 0 bridgehead atoms. The first-order chi connectivity index (χ1) is 19.6. The van der Waals surface area contributed by atoms with Gasteiger partial charge in [-0.1, -0.05) is 54.6 Å². The van der Waals surface area contributed by atoms with Gasteiger partial charge in [0.25, 0.3) is 5.91 Å². The van der Waals surface area contributed by atoms with Crippen molar-refractivity contribution >= 4 is 16.8 Å². The van der Waals surface area contributed by atoms with Gasteiger partial charge in [-0.25, -0.2) is 0 Å². The smallest absolute Gasteiger partial charge is 0.346 e. The second-order valence-corrected chi connectivity index (χ2v) is 10.2. The van der Waals surface area contributed by atoms with Gasteiger partial charge in [0.05, 0.1) is 23.2 Å². The predicted octanol–water partition coefficient (Wildman–Crippen LogP) is 8.35. The summed E-state index contributed by atoms with van der Waals surface area (Å²) in [6.45, 7) is 6.48. The number of hydrogen-bond donors (Lipinski definition) is 1. The molecule has 0 aliphatic rings. The van der Waals surface area contributed by atoms with Gasteiger partial charge in [-0.2, -0.15) is 18.4 Å². The van der Waals surface area contributed by atoms with Crippen molar-refractivity contribution in [3.8, 4) is 17.2 Å². The summed E-state index contributed by atoms with van der Waals surface area (Å²) >= 11 is 0. The molecule has 0 fully saturated rings. The van der Waals surface area contributed by atoms with Crippen LogP contribution in [-0.4, -0.2) is 10.5 Å². The van der Waals surface area contributed by atoms with Crippen molar-refractivity contribution in [2.24, 2.45) is 0 Å². The number of aromatic nitrogens is 1. The van der Waals surface area contributed by atoms with E-state index in [1.165, 1.54) is 12.1 Å². The van der Waals surface area contributed by atoms with Crippen LogP contribution in [0, 0.1) is 25.2 Å². The van der Waals surface area contributed by atoms with Crippen LogP contribution >= 0.6 is 0 Å². The van der Waals surface area contributed by atoms with E-state index in [1.807, 2.05) is 55.5 Å². The summed E-state index contributed by atoms with van der Waals surface area (Å²) in [6, 6.07) is 27.9. The molecule has 0 saturated heterocycles. The summed E-state index contributed by atoms with van der Waals surface area (Å²) in [5.74, 6) is -0.294. The van der Waals surface area contributed by atoms with E-state index in [2.05, 4.69) is 35.0 Å². The molecule has 0 radical (unpaired) electrons. The van der Waals surface area contributed by atoms with Crippen molar-refractivity contribution in [1.82, 2.24) is 9.88 Å². The number of nitrogens with zero attached hydrogens (tertiary/aromatic N) is 2. The van der Waals surface area contributed by atoms with Crippen molar-refractivity contribution in [3.63, 3.8) is 0 Å². The van der Waals surface area contributed by atoms with E-state index in [9.17, 15) is 23.2 Å². The first-order valence-electron chi connectivity index (χ1n) is 13.2. The molecular weight excluding hydrogens is 523 g/mol. The molecule has 5 rings (SSSR count). The highest BCUT2D eigenvalue weighted by molar-refractivity contribution is 5.99. The highest BCUT2D eigenvalue weighted by Gasteiger charge is 2.30. The summed E-state index contributed by atoms with van der Waals surface area (Å²) in [7, 11) is 0. The third-order valence-corrected chi connectivity index (χ3v) is 7.64. The minimum atomic E-state index is -4.40. The number of carbonyl (C=O) groups is 1. The Labute approximate surface area is 236 Å². The molecule has 41 heavy (non-hydrogen) atoms. The van der Waals surface area contributed by atoms with E-state index in [4.69, 9.17) is 0 Å². The maximum Gasteiger partial charge on any atom is 0.416 e. The number of halogens is 3. The number of benzene rings is 4. The minimum Gasteiger partial charge on any atom is -0.346 e. The average molecular weight is 552 g/mol. The highest BCUT2D eigenvalue weighted by Crippen LogP contribution is 2.31. The van der Waals surface area contributed by atoms with Crippen LogP contribution in [-0.2, 0) is 12.7 Å². The lowest BCUT2D eigenvalue weighted by Crippen LogP contribution is -2.26. The van der Waals surface area contributed by atoms with Gasteiger partial charge in [-0.05, 0) is 85.0 Å². The van der Waals surface area contributed by atoms with Gasteiger partial charge in [0, 0.05) is 28.7 Å². The number of hydrogen-bond acceptors (Lipinski definition) is 2. The van der Waals surface area contributed by atoms with Crippen molar-refractivity contribution in [1.29, 1.82) is 5.26 Å². The molecule has 4 aromatic carbocycles. The Kier molecular flexibility index (Phi) is 7.42. The molecule has 1 atom stereocenters. The Morgan fingerprint density at radius 2 is 1.63 bits per heavy atom. The number of carbonyl (C=O) groups excluding carboxylic acids is 1. The lowest BCUT2D eigenvalue weighted by atomic mass is 9.99. The van der Waals surface area contributed by atoms with Gasteiger partial charge in [0.15, 0.2) is 0 Å². The van der Waals surface area contributed by atoms with Crippen LogP contribution in [0.5, 0.6) is 0 Å². The van der Waals surface area contributed by atoms with Crippen LogP contribution in [0.1, 0.15) is 56.8 Å². The average Bonchev–Trinajstić information content (AvgIpc) is 3.21. The van der Waals surface area contributed by atoms with Crippen LogP contribution in [0.25, 0.3) is 22.0 Å². The topological polar surface area (TPSA) is 57.8 Å². The number of amides is 1. The first kappa shape index (κ1) is 27.7. The third kappa shape index (κ3) is 5.59. The molecule has 0 aliphatic heterocycles. The van der Waals surface area contributed by atoms with Crippen LogP contribution in [0.4, 0.5) is 13.2 Å². The second-order valence-electron chi connectivity index (χ2n) is 10.2. The Morgan fingerprint density at radius 1 is 0.951 bits per heavy atom. The van der Waals surface area contributed by atoms with Crippen LogP contribution in [0.3, 0.4) is 0 Å². The zero-order valence-electron chi connectivity index (χ0n) is 22.9. The minimum absolute atomic E-state index is 0.294. The molecule has 1 aromatic heterocycles. The zero-order chi connectivity index (χ0) is 29.3. The third-order valence-electron chi connectivity index (χ3n) is 7.64. The standard InChI is InChI=1S/C34H28F3N3O/c1-21-23(3)40(20-24-8-10-26(11-9-24)30-7-5-4-6-28(30)19-38)32-17-14-27(18-31(21)32)33(41)39-22(2)25-12-15-29(16-13-25)34(35,36)37/h4-18,22H,20H2,1-3H3,(H,39,41). The summed E-state index contributed by atoms with van der Waals surface area (Å²) < 4.78 is 40.9. The molecule has 0 saturated carbocycles. The number of nitrogens with one attached hydrogen (secondary N) is 1. The van der Waals surface area contributed by atoms with E-state index < -0.39 is 17.8 Å². The number of alkyl halides is 3. The fourth-order valence-corrected chi connectivity index (χ4v) is 5.12. The monoisotopic (exact) mass is 551 g/mol. The van der Waals surface area contributed by atoms with Crippen molar-refractivity contribution in [3.05, 3.63) is 130 Å². The fourth-order valence-electron chi connectivity index (χ4n) is 5.12. The maximum absolute atomic E-state index is 13.1. The van der Waals surface area contributed by atoms with Crippen LogP contribution in [0.2, 0.25) is 0 Å². The largest absolute Gasteiger partial charge is 0.416 e. The van der Waals surface area contributed by atoms with Gasteiger partial charge in [-0.3, -0.25) is 4.79 Å². The lowest BCUT2D eigenvalue weighted by molar-refractivity contribution is -0.137. The van der Waals surface area contributed by atoms with Gasteiger partial charge in [-0.15, -0.1) is 0 Å². The molecule has 0 spiro atoms. The number of fused-ring (bicyclic) bond motifs is 1. The Morgan fingerprint density at radius 3 is 2.29 bits per heavy atom. The van der Waals surface area contributed by atoms with E-state index in [0.717, 1.165) is 51.0 Å². The first-order valence-corrected chi connectivity index (χ1v) is 13.2. The molecular formula is C34H28F3N3O. The Balaban J connectivity index is 1.35. The van der Waals surface area contributed by atoms with Crippen LogP contribution in [0.15, 0.2) is 91.0 Å². The molecule has 206 valence electrons. The number of aryl methyl sites for hydroxylation is 1. The van der Waals surface area contributed by atoms with E-state index in [1.54, 1.807) is 13.0 Å². The lowest BCUT2D eigenvalue weighted by Gasteiger charge is -2.16. The fraction of sp³-hybridized carbons (Fsp3) is 0.176. The molecule has 1 unspecified atom stereocenters. The summed E-state index contributed by atoms with van der Waals surface area (Å²) in [5.41, 5.74) is 7.15. The normalized spacial score (nSPS) is 12.2. The molecule has 1 heterocycles. The van der Waals surface area contributed by atoms with Crippen LogP contribution < -0.4 is 5.32 Å². The summed E-state index contributed by atoms with van der Waals surface area (Å²) in [5, 5.41) is 13.3. The van der Waals surface area contributed by atoms with Gasteiger partial charge < -0.3 is 9.88 Å². The summed E-state index contributed by atoms with van der Waals surface area (Å²) in [6.07, 6.45) is -4.40. The van der Waals surface area contributed by atoms with E-state index in [0.29, 0.717) is 23.2 Å². The maximum atomic E-state index is 13.1. The molecule has 7 heteroatoms. The Hall–Kier alpha value is -4.83. The second kappa shape index (κ2) is 11.0. The van der Waals surface area contributed by atoms with Gasteiger partial charge >= 0.3 is 6.18 Å². The summed E-state index contributed by atoms with van der Waals surface area (Å²) in [4.78, 5) is 13.1. The molecule has 0 aliphatic carbocycles. The number of nitriles is 1. The van der Waals surface area contributed by atoms with Crippen molar-refractivity contribution in [2.75, 3.05) is 0 Å². The van der Waals surface area contributed by atoms with Crippen molar-refractivity contribution in [2.45, 2.75) is 39.5 Å². The predicted molar refractivity (Wildman–Crippen MR) is 154 cm³/mol. The van der Waals surface area contributed by atoms with E-state index >= 15 is 0 Å². The van der Waals surface area contributed by atoms with E-state index in [-0.39, 0.29) is 5.91 Å². The molecule has 1 N–H and O–H groups in total.